The molecule has 1 aromatic heterocycles. The number of rotatable bonds is 3. The first-order chi connectivity index (χ1) is 13.3. The van der Waals surface area contributed by atoms with Gasteiger partial charge in [-0.1, -0.05) is 36.8 Å². The van der Waals surface area contributed by atoms with Crippen LogP contribution in [0.1, 0.15) is 86.8 Å². The summed E-state index contributed by atoms with van der Waals surface area (Å²) >= 11 is 0. The van der Waals surface area contributed by atoms with Gasteiger partial charge in [-0.15, -0.1) is 10.2 Å². The van der Waals surface area contributed by atoms with Crippen LogP contribution in [0.2, 0.25) is 0 Å². The Morgan fingerprint density at radius 3 is 2.26 bits per heavy atom. The molecule has 2 aromatic rings. The number of aliphatic hydroxyl groups is 1. The van der Waals surface area contributed by atoms with Gasteiger partial charge in [0.2, 0.25) is 0 Å². The van der Waals surface area contributed by atoms with Crippen molar-refractivity contribution in [2.75, 3.05) is 6.61 Å². The molecule has 4 nitrogen and oxygen atoms in total. The lowest BCUT2D eigenvalue weighted by Gasteiger charge is -2.28. The molecule has 2 saturated carbocycles. The molecule has 0 unspecified atom stereocenters. The Morgan fingerprint density at radius 2 is 1.59 bits per heavy atom. The van der Waals surface area contributed by atoms with E-state index in [2.05, 4.69) is 45.1 Å². The lowest BCUT2D eigenvalue weighted by molar-refractivity contribution is 0.277. The highest BCUT2D eigenvalue weighted by atomic mass is 16.3. The lowest BCUT2D eigenvalue weighted by Crippen LogP contribution is -2.17. The Kier molecular flexibility index (Phi) is 6.23. The van der Waals surface area contributed by atoms with Gasteiger partial charge >= 0.3 is 0 Å². The van der Waals surface area contributed by atoms with Gasteiger partial charge in [-0.3, -0.25) is 0 Å². The smallest absolute Gasteiger partial charge is 0.136 e. The highest BCUT2D eigenvalue weighted by molar-refractivity contribution is 5.20. The van der Waals surface area contributed by atoms with Crippen LogP contribution >= 0.6 is 0 Å². The van der Waals surface area contributed by atoms with Crippen LogP contribution in [0.3, 0.4) is 0 Å². The van der Waals surface area contributed by atoms with E-state index in [1.165, 1.54) is 75.0 Å². The summed E-state index contributed by atoms with van der Waals surface area (Å²) in [7, 11) is 0. The normalized spacial score (nSPS) is 25.1. The van der Waals surface area contributed by atoms with E-state index in [0.29, 0.717) is 18.4 Å². The predicted octanol–water partition coefficient (Wildman–Crippen LogP) is 4.83. The number of hydrogen-bond donors (Lipinski definition) is 1. The van der Waals surface area contributed by atoms with Crippen LogP contribution in [0.15, 0.2) is 30.3 Å². The standard InChI is InChI=1S/C19H25N3.C4H8O/c1-3-7-15(8-4-1)16-10-12-17(13-11-16)19-21-20-18-9-5-2-6-14-22(18)19;5-3-4-1-2-4/h1,3-4,7-8,16-17H,2,5-6,9-14H2;4-5H,1-3H2. The highest BCUT2D eigenvalue weighted by Gasteiger charge is 2.28. The zero-order chi connectivity index (χ0) is 18.5. The summed E-state index contributed by atoms with van der Waals surface area (Å²) < 4.78 is 2.44. The third kappa shape index (κ3) is 4.78. The van der Waals surface area contributed by atoms with Crippen LogP contribution < -0.4 is 0 Å². The van der Waals surface area contributed by atoms with E-state index < -0.39 is 0 Å². The van der Waals surface area contributed by atoms with Crippen LogP contribution in [0.4, 0.5) is 0 Å². The van der Waals surface area contributed by atoms with Crippen molar-refractivity contribution in [1.29, 1.82) is 0 Å². The molecule has 1 aromatic carbocycles. The minimum Gasteiger partial charge on any atom is -0.396 e. The van der Waals surface area contributed by atoms with Gasteiger partial charge in [0, 0.05) is 25.5 Å². The van der Waals surface area contributed by atoms with Gasteiger partial charge in [-0.25, -0.2) is 0 Å². The minimum absolute atomic E-state index is 0.417. The fourth-order valence-electron chi connectivity index (χ4n) is 4.52. The quantitative estimate of drug-likeness (QED) is 0.845. The fraction of sp³-hybridized carbons (Fsp3) is 0.652. The third-order valence-corrected chi connectivity index (χ3v) is 6.46. The molecule has 0 spiro atoms. The second kappa shape index (κ2) is 9.01. The number of fused-ring (bicyclic) bond motifs is 1. The van der Waals surface area contributed by atoms with E-state index in [-0.39, 0.29) is 0 Å². The molecule has 0 bridgehead atoms. The number of benzene rings is 1. The SMILES string of the molecule is OCC1CC1.c1ccc(C2CCC(c3nnc4n3CCCCC4)CC2)cc1. The second-order valence-corrected chi connectivity index (χ2v) is 8.52. The van der Waals surface area contributed by atoms with Gasteiger partial charge in [-0.2, -0.15) is 0 Å². The summed E-state index contributed by atoms with van der Waals surface area (Å²) in [6, 6.07) is 11.0. The van der Waals surface area contributed by atoms with Crippen molar-refractivity contribution in [3.8, 4) is 0 Å². The van der Waals surface area contributed by atoms with Gasteiger partial charge in [0.1, 0.15) is 11.6 Å². The van der Waals surface area contributed by atoms with Crippen LogP contribution in [-0.2, 0) is 13.0 Å². The number of hydrogen-bond acceptors (Lipinski definition) is 3. The molecule has 3 aliphatic rings. The van der Waals surface area contributed by atoms with E-state index >= 15 is 0 Å². The summed E-state index contributed by atoms with van der Waals surface area (Å²) in [4.78, 5) is 0. The van der Waals surface area contributed by atoms with Crippen molar-refractivity contribution in [1.82, 2.24) is 14.8 Å². The Balaban J connectivity index is 0.000000314. The van der Waals surface area contributed by atoms with E-state index in [9.17, 15) is 0 Å². The number of aliphatic hydroxyl groups excluding tert-OH is 1. The molecule has 2 aliphatic carbocycles. The van der Waals surface area contributed by atoms with Crippen molar-refractivity contribution in [2.45, 2.75) is 82.6 Å². The average Bonchev–Trinajstić information content (AvgIpc) is 3.53. The summed E-state index contributed by atoms with van der Waals surface area (Å²) in [5.41, 5.74) is 1.51. The molecule has 5 rings (SSSR count). The Bertz CT molecular complexity index is 700. The number of aromatic nitrogens is 3. The molecule has 4 heteroatoms. The van der Waals surface area contributed by atoms with Gasteiger partial charge in [0.05, 0.1) is 0 Å². The maximum atomic E-state index is 8.21. The van der Waals surface area contributed by atoms with Crippen molar-refractivity contribution in [3.05, 3.63) is 47.5 Å². The molecule has 1 N–H and O–H groups in total. The molecule has 2 heterocycles. The van der Waals surface area contributed by atoms with E-state index in [1.54, 1.807) is 0 Å². The Labute approximate surface area is 163 Å². The number of aryl methyl sites for hydroxylation is 1. The predicted molar refractivity (Wildman–Crippen MR) is 108 cm³/mol. The fourth-order valence-corrected chi connectivity index (χ4v) is 4.52. The van der Waals surface area contributed by atoms with Gasteiger partial charge in [-0.05, 0) is 68.8 Å². The van der Waals surface area contributed by atoms with Crippen molar-refractivity contribution < 1.29 is 5.11 Å². The number of nitrogens with zero attached hydrogens (tertiary/aromatic N) is 3. The highest BCUT2D eigenvalue weighted by Crippen LogP contribution is 2.40. The van der Waals surface area contributed by atoms with Gasteiger partial charge in [0.15, 0.2) is 0 Å². The zero-order valence-corrected chi connectivity index (χ0v) is 16.4. The second-order valence-electron chi connectivity index (χ2n) is 8.52. The molecule has 27 heavy (non-hydrogen) atoms. The Morgan fingerprint density at radius 1 is 0.852 bits per heavy atom. The largest absolute Gasteiger partial charge is 0.396 e. The maximum absolute atomic E-state index is 8.21. The van der Waals surface area contributed by atoms with Crippen LogP contribution in [0, 0.1) is 5.92 Å². The molecule has 0 radical (unpaired) electrons. The molecule has 0 amide bonds. The molecule has 2 fully saturated rings. The van der Waals surface area contributed by atoms with Crippen molar-refractivity contribution in [2.24, 2.45) is 5.92 Å². The Hall–Kier alpha value is -1.68. The molecular weight excluding hydrogens is 334 g/mol. The van der Waals surface area contributed by atoms with Crippen molar-refractivity contribution in [3.63, 3.8) is 0 Å². The minimum atomic E-state index is 0.417. The van der Waals surface area contributed by atoms with Crippen LogP contribution in [0.25, 0.3) is 0 Å². The van der Waals surface area contributed by atoms with E-state index in [0.717, 1.165) is 18.9 Å². The zero-order valence-electron chi connectivity index (χ0n) is 16.4. The molecular formula is C23H33N3O. The summed E-state index contributed by atoms with van der Waals surface area (Å²) in [5, 5.41) is 17.3. The monoisotopic (exact) mass is 367 g/mol. The van der Waals surface area contributed by atoms with Crippen LogP contribution in [-0.4, -0.2) is 26.5 Å². The summed E-state index contributed by atoms with van der Waals surface area (Å²) in [6.45, 7) is 1.55. The summed E-state index contributed by atoms with van der Waals surface area (Å²) in [6.07, 6.45) is 12.6. The molecule has 1 aliphatic heterocycles. The lowest BCUT2D eigenvalue weighted by atomic mass is 9.78. The molecule has 0 atom stereocenters. The molecule has 0 saturated heterocycles. The maximum Gasteiger partial charge on any atom is 0.136 e. The van der Waals surface area contributed by atoms with E-state index in [4.69, 9.17) is 5.11 Å². The average molecular weight is 368 g/mol. The first-order valence-corrected chi connectivity index (χ1v) is 10.9. The van der Waals surface area contributed by atoms with Crippen molar-refractivity contribution >= 4 is 0 Å². The topological polar surface area (TPSA) is 50.9 Å². The van der Waals surface area contributed by atoms with Crippen LogP contribution in [0.5, 0.6) is 0 Å². The third-order valence-electron chi connectivity index (χ3n) is 6.46. The van der Waals surface area contributed by atoms with Gasteiger partial charge < -0.3 is 9.67 Å². The van der Waals surface area contributed by atoms with Gasteiger partial charge in [0.25, 0.3) is 0 Å². The summed E-state index contributed by atoms with van der Waals surface area (Å²) in [5.74, 6) is 4.57. The first kappa shape index (κ1) is 18.7. The van der Waals surface area contributed by atoms with E-state index in [1.807, 2.05) is 0 Å². The first-order valence-electron chi connectivity index (χ1n) is 10.9. The molecule has 146 valence electrons.